The summed E-state index contributed by atoms with van der Waals surface area (Å²) in [5.74, 6) is 0. The molecule has 0 radical (unpaired) electrons. The van der Waals surface area contributed by atoms with Gasteiger partial charge in [-0.2, -0.15) is 0 Å². The Bertz CT molecular complexity index is 3780. The van der Waals surface area contributed by atoms with Crippen molar-refractivity contribution in [2.75, 3.05) is 9.80 Å². The predicted octanol–water partition coefficient (Wildman–Crippen LogP) is 17.3. The Hall–Kier alpha value is -6.58. The molecule has 2 nitrogen and oxygen atoms in total. The van der Waals surface area contributed by atoms with Crippen molar-refractivity contribution in [3.63, 3.8) is 0 Å². The van der Waals surface area contributed by atoms with Crippen LogP contribution in [0.1, 0.15) is 183 Å². The van der Waals surface area contributed by atoms with Gasteiger partial charge in [0.2, 0.25) is 0 Å². The van der Waals surface area contributed by atoms with E-state index < -0.39 is 0 Å². The van der Waals surface area contributed by atoms with E-state index in [0.29, 0.717) is 0 Å². The number of fused-ring (bicyclic) bond motifs is 9. The minimum atomic E-state index is -0.227. The zero-order valence-corrected chi connectivity index (χ0v) is 48.3. The zero-order chi connectivity index (χ0) is 53.6. The highest BCUT2D eigenvalue weighted by Crippen LogP contribution is 2.57. The van der Waals surface area contributed by atoms with Crippen molar-refractivity contribution < 1.29 is 0 Å². The lowest BCUT2D eigenvalue weighted by Gasteiger charge is -2.49. The molecule has 0 fully saturated rings. The van der Waals surface area contributed by atoms with Gasteiger partial charge in [0.05, 0.1) is 5.69 Å². The Morgan fingerprint density at radius 1 is 0.382 bits per heavy atom. The van der Waals surface area contributed by atoms with Crippen LogP contribution < -0.4 is 26.2 Å². The van der Waals surface area contributed by atoms with Crippen LogP contribution in [0.4, 0.5) is 34.1 Å². The lowest BCUT2D eigenvalue weighted by atomic mass is 9.32. The van der Waals surface area contributed by atoms with E-state index in [-0.39, 0.29) is 44.6 Å². The quantitative estimate of drug-likeness (QED) is 0.163. The normalized spacial score (nSPS) is 19.0. The van der Waals surface area contributed by atoms with Crippen molar-refractivity contribution in [2.24, 2.45) is 0 Å². The SMILES string of the molecule is Cc1cc2c3c(c1)N(c1ccc(C(C)(C)C)cc1-c1ccccc1)c1cc4c(cc1B3c1cc3c(cc1N2c1ccc2c(c1)C(C)(C)c1ccccc1C2(C)C)C(C)(C)c1ccccc1C3(C)C)C(C)(C)CCC4(C)C. The molecular weight excluding hydrogens is 916 g/mol. The van der Waals surface area contributed by atoms with Crippen LogP contribution in [0, 0.1) is 6.92 Å². The van der Waals surface area contributed by atoms with E-state index in [9.17, 15) is 0 Å². The van der Waals surface area contributed by atoms with Gasteiger partial charge >= 0.3 is 0 Å². The van der Waals surface area contributed by atoms with Crippen molar-refractivity contribution in [1.82, 2.24) is 0 Å². The maximum Gasteiger partial charge on any atom is 0.252 e. The highest BCUT2D eigenvalue weighted by atomic mass is 15.2. The van der Waals surface area contributed by atoms with E-state index in [1.54, 1.807) is 0 Å². The summed E-state index contributed by atoms with van der Waals surface area (Å²) in [6, 6.07) is 60.3. The summed E-state index contributed by atoms with van der Waals surface area (Å²) >= 11 is 0. The fraction of sp³-hybridized carbons (Fsp3) is 0.342. The molecule has 0 saturated heterocycles. The Kier molecular flexibility index (Phi) is 10.2. The van der Waals surface area contributed by atoms with Crippen molar-refractivity contribution in [2.45, 2.75) is 162 Å². The second-order valence-electron chi connectivity index (χ2n) is 28.2. The smallest absolute Gasteiger partial charge is 0.252 e. The summed E-state index contributed by atoms with van der Waals surface area (Å²) in [6.07, 6.45) is 2.31. The van der Waals surface area contributed by atoms with Gasteiger partial charge in [0.15, 0.2) is 0 Å². The van der Waals surface area contributed by atoms with Gasteiger partial charge in [-0.3, -0.25) is 0 Å². The third-order valence-electron chi connectivity index (χ3n) is 20.0. The highest BCUT2D eigenvalue weighted by Gasteiger charge is 2.50. The Morgan fingerprint density at radius 3 is 1.37 bits per heavy atom. The molecule has 382 valence electrons. The molecule has 0 N–H and O–H groups in total. The topological polar surface area (TPSA) is 6.48 Å². The van der Waals surface area contributed by atoms with E-state index in [1.807, 2.05) is 0 Å². The Balaban J connectivity index is 1.17. The summed E-state index contributed by atoms with van der Waals surface area (Å²) in [7, 11) is 0. The summed E-state index contributed by atoms with van der Waals surface area (Å²) in [5, 5.41) is 0. The van der Waals surface area contributed by atoms with Crippen molar-refractivity contribution in [3.05, 3.63) is 218 Å². The highest BCUT2D eigenvalue weighted by molar-refractivity contribution is 7.00. The van der Waals surface area contributed by atoms with Crippen LogP contribution in [0.3, 0.4) is 0 Å². The van der Waals surface area contributed by atoms with Crippen LogP contribution in [0.25, 0.3) is 11.1 Å². The van der Waals surface area contributed by atoms with Gasteiger partial charge in [-0.25, -0.2) is 0 Å². The van der Waals surface area contributed by atoms with Crippen LogP contribution in [-0.2, 0) is 37.9 Å². The first-order chi connectivity index (χ1) is 35.7. The summed E-state index contributed by atoms with van der Waals surface area (Å²) in [5.41, 5.74) is 30.4. The average Bonchev–Trinajstić information content (AvgIpc) is 3.48. The van der Waals surface area contributed by atoms with Crippen LogP contribution in [-0.4, -0.2) is 6.71 Å². The maximum atomic E-state index is 2.71. The molecule has 5 aliphatic rings. The fourth-order valence-corrected chi connectivity index (χ4v) is 15.3. The summed E-state index contributed by atoms with van der Waals surface area (Å²) in [4.78, 5) is 5.42. The molecule has 3 heteroatoms. The first-order valence-corrected chi connectivity index (χ1v) is 28.4. The Labute approximate surface area is 455 Å². The van der Waals surface area contributed by atoms with E-state index in [2.05, 4.69) is 272 Å². The van der Waals surface area contributed by atoms with Gasteiger partial charge in [0, 0.05) is 55.7 Å². The zero-order valence-electron chi connectivity index (χ0n) is 48.3. The molecule has 2 aliphatic heterocycles. The minimum Gasteiger partial charge on any atom is -0.311 e. The lowest BCUT2D eigenvalue weighted by Crippen LogP contribution is -2.62. The minimum absolute atomic E-state index is 0.0145. The fourth-order valence-electron chi connectivity index (χ4n) is 15.3. The number of nitrogens with zero attached hydrogens (tertiary/aromatic N) is 2. The van der Waals surface area contributed by atoms with E-state index in [0.717, 1.165) is 12.8 Å². The summed E-state index contributed by atoms with van der Waals surface area (Å²) < 4.78 is 0. The second kappa shape index (κ2) is 15.8. The van der Waals surface area contributed by atoms with E-state index in [4.69, 9.17) is 0 Å². The molecule has 0 atom stereocenters. The molecule has 0 aromatic heterocycles. The van der Waals surface area contributed by atoms with Gasteiger partial charge in [0.25, 0.3) is 6.71 Å². The van der Waals surface area contributed by atoms with Crippen LogP contribution in [0.5, 0.6) is 0 Å². The molecule has 2 heterocycles. The van der Waals surface area contributed by atoms with Crippen molar-refractivity contribution >= 4 is 57.2 Å². The molecular formula is C73H77BN2. The largest absolute Gasteiger partial charge is 0.311 e. The van der Waals surface area contributed by atoms with E-state index >= 15 is 0 Å². The third kappa shape index (κ3) is 6.72. The molecule has 8 aromatic rings. The predicted molar refractivity (Wildman–Crippen MR) is 326 cm³/mol. The number of rotatable bonds is 3. The molecule has 0 saturated carbocycles. The van der Waals surface area contributed by atoms with Gasteiger partial charge in [-0.15, -0.1) is 0 Å². The molecule has 0 amide bonds. The van der Waals surface area contributed by atoms with Gasteiger partial charge in [-0.1, -0.05) is 207 Å². The molecule has 13 rings (SSSR count). The molecule has 8 aromatic carbocycles. The number of hydrogen-bond acceptors (Lipinski definition) is 2. The lowest BCUT2D eigenvalue weighted by molar-refractivity contribution is 0.332. The molecule has 0 spiro atoms. The first kappa shape index (κ1) is 49.0. The van der Waals surface area contributed by atoms with Crippen LogP contribution in [0.2, 0.25) is 0 Å². The second-order valence-corrected chi connectivity index (χ2v) is 28.2. The average molecular weight is 993 g/mol. The number of hydrogen-bond donors (Lipinski definition) is 0. The maximum absolute atomic E-state index is 2.71. The van der Waals surface area contributed by atoms with Crippen LogP contribution in [0.15, 0.2) is 152 Å². The van der Waals surface area contributed by atoms with Crippen molar-refractivity contribution in [3.8, 4) is 11.1 Å². The molecule has 0 bridgehead atoms. The van der Waals surface area contributed by atoms with Gasteiger partial charge in [0.1, 0.15) is 0 Å². The van der Waals surface area contributed by atoms with Gasteiger partial charge < -0.3 is 9.80 Å². The van der Waals surface area contributed by atoms with E-state index in [1.165, 1.54) is 128 Å². The Morgan fingerprint density at radius 2 is 0.816 bits per heavy atom. The third-order valence-corrected chi connectivity index (χ3v) is 20.0. The number of benzene rings is 8. The van der Waals surface area contributed by atoms with Crippen molar-refractivity contribution in [1.29, 1.82) is 0 Å². The first-order valence-electron chi connectivity index (χ1n) is 28.4. The molecule has 0 unspecified atom stereocenters. The standard InChI is InChI=1S/C73H77BN2/c1-44-36-64-66-65(37-44)76(61-33-30-46(67(2,3)4)38-48(61)45-24-18-17-19-25-45)63-42-55-54(68(5,6)34-35-69(55,7)8)40-59(63)74(66)60-41-57-58(73(15,16)52-29-23-22-28-51(52)72(57,13)14)43-62(60)75(64)47-31-32-53-56(39-47)71(11,12)50-27-21-20-26-49(50)70(53,9)10/h17-33,36-43H,34-35H2,1-16H3. The monoisotopic (exact) mass is 993 g/mol. The van der Waals surface area contributed by atoms with Crippen LogP contribution >= 0.6 is 0 Å². The molecule has 76 heavy (non-hydrogen) atoms. The molecule has 3 aliphatic carbocycles. The van der Waals surface area contributed by atoms with Gasteiger partial charge in [-0.05, 0) is 173 Å². The summed E-state index contributed by atoms with van der Waals surface area (Å²) in [6.45, 7) is 39.0. The number of anilines is 6. The number of aryl methyl sites for hydroxylation is 1.